The first-order chi connectivity index (χ1) is 10.5. The van der Waals surface area contributed by atoms with E-state index in [1.165, 1.54) is 7.11 Å². The molecule has 2 N–H and O–H groups in total. The zero-order valence-corrected chi connectivity index (χ0v) is 13.2. The van der Waals surface area contributed by atoms with E-state index in [0.29, 0.717) is 11.3 Å². The summed E-state index contributed by atoms with van der Waals surface area (Å²) in [6.07, 6.45) is -0.706. The van der Waals surface area contributed by atoms with Crippen molar-refractivity contribution in [1.29, 1.82) is 0 Å². The normalized spacial score (nSPS) is 12.7. The van der Waals surface area contributed by atoms with Gasteiger partial charge in [0.2, 0.25) is 5.91 Å². The third-order valence-electron chi connectivity index (χ3n) is 2.94. The number of methoxy groups -OCH3 is 1. The topological polar surface area (TPSA) is 88.0 Å². The third kappa shape index (κ3) is 5.73. The minimum atomic E-state index is -0.718. The van der Waals surface area contributed by atoms with E-state index >= 15 is 0 Å². The van der Waals surface area contributed by atoms with Crippen molar-refractivity contribution in [3.63, 3.8) is 0 Å². The van der Waals surface area contributed by atoms with Crippen LogP contribution in [0.15, 0.2) is 29.3 Å². The third-order valence-corrected chi connectivity index (χ3v) is 3.03. The molecule has 0 aliphatic carbocycles. The van der Waals surface area contributed by atoms with Gasteiger partial charge in [0.15, 0.2) is 0 Å². The van der Waals surface area contributed by atoms with Gasteiger partial charge in [0, 0.05) is 13.0 Å². The summed E-state index contributed by atoms with van der Waals surface area (Å²) >= 11 is 4.52. The highest BCUT2D eigenvalue weighted by Gasteiger charge is 2.24. The van der Waals surface area contributed by atoms with Crippen molar-refractivity contribution in [3.05, 3.63) is 29.8 Å². The molecule has 0 aliphatic rings. The molecule has 0 radical (unpaired) electrons. The Bertz CT molecular complexity index is 565. The molecule has 1 aromatic rings. The minimum absolute atomic E-state index is 0.0603. The average molecular weight is 322 g/mol. The first kappa shape index (κ1) is 18.0. The standard InChI is InChI=1S/C15H18N2O4S/c1-10(18)8-16-14(19)7-13(15(20)21-2)11-3-5-12(6-4-11)17-9-22/h3-6,10,13,18H,7-8H2,1-2H3,(H,16,19). The quantitative estimate of drug-likeness (QED) is 0.452. The van der Waals surface area contributed by atoms with E-state index in [9.17, 15) is 9.59 Å². The molecule has 7 heteroatoms. The second kappa shape index (κ2) is 9.04. The molecule has 0 aliphatic heterocycles. The fraction of sp³-hybridized carbons (Fsp3) is 0.400. The van der Waals surface area contributed by atoms with E-state index in [4.69, 9.17) is 9.84 Å². The minimum Gasteiger partial charge on any atom is -0.469 e. The number of isothiocyanates is 1. The fourth-order valence-electron chi connectivity index (χ4n) is 1.83. The molecule has 0 heterocycles. The first-order valence-corrected chi connectivity index (χ1v) is 7.09. The van der Waals surface area contributed by atoms with E-state index in [-0.39, 0.29) is 18.9 Å². The second-order valence-corrected chi connectivity index (χ2v) is 4.91. The smallest absolute Gasteiger partial charge is 0.313 e. The Morgan fingerprint density at radius 1 is 1.41 bits per heavy atom. The number of amides is 1. The van der Waals surface area contributed by atoms with E-state index in [1.807, 2.05) is 0 Å². The number of hydrogen-bond donors (Lipinski definition) is 2. The van der Waals surface area contributed by atoms with Crippen molar-refractivity contribution in [1.82, 2.24) is 5.32 Å². The van der Waals surface area contributed by atoms with Crippen LogP contribution in [0.25, 0.3) is 0 Å². The van der Waals surface area contributed by atoms with Crippen LogP contribution >= 0.6 is 12.2 Å². The monoisotopic (exact) mass is 322 g/mol. The number of carbonyl (C=O) groups excluding carboxylic acids is 2. The van der Waals surface area contributed by atoms with Crippen LogP contribution in [0.5, 0.6) is 0 Å². The molecule has 0 aromatic heterocycles. The molecule has 118 valence electrons. The number of aliphatic hydroxyl groups is 1. The number of nitrogens with one attached hydrogen (secondary N) is 1. The summed E-state index contributed by atoms with van der Waals surface area (Å²) in [7, 11) is 1.27. The fourth-order valence-corrected chi connectivity index (χ4v) is 1.94. The number of benzene rings is 1. The summed E-state index contributed by atoms with van der Waals surface area (Å²) < 4.78 is 4.75. The lowest BCUT2D eigenvalue weighted by Crippen LogP contribution is -2.32. The molecule has 6 nitrogen and oxygen atoms in total. The summed E-state index contributed by atoms with van der Waals surface area (Å²) in [4.78, 5) is 27.6. The molecule has 22 heavy (non-hydrogen) atoms. The molecule has 0 fully saturated rings. The molecule has 1 aromatic carbocycles. The summed E-state index contributed by atoms with van der Waals surface area (Å²) in [6, 6.07) is 6.74. The maximum Gasteiger partial charge on any atom is 0.313 e. The molecule has 0 bridgehead atoms. The number of rotatable bonds is 7. The van der Waals surface area contributed by atoms with Gasteiger partial charge >= 0.3 is 5.97 Å². The van der Waals surface area contributed by atoms with Gasteiger partial charge in [0.05, 0.1) is 30.0 Å². The van der Waals surface area contributed by atoms with Gasteiger partial charge in [-0.1, -0.05) is 12.1 Å². The highest BCUT2D eigenvalue weighted by Crippen LogP contribution is 2.24. The van der Waals surface area contributed by atoms with Gasteiger partial charge in [-0.3, -0.25) is 9.59 Å². The molecular weight excluding hydrogens is 304 g/mol. The predicted octanol–water partition coefficient (Wildman–Crippen LogP) is 1.56. The van der Waals surface area contributed by atoms with Crippen molar-refractivity contribution >= 4 is 34.9 Å². The molecule has 1 rings (SSSR count). The number of ether oxygens (including phenoxy) is 1. The Balaban J connectivity index is 2.86. The van der Waals surface area contributed by atoms with E-state index in [2.05, 4.69) is 27.7 Å². The molecule has 0 saturated carbocycles. The highest BCUT2D eigenvalue weighted by atomic mass is 32.1. The predicted molar refractivity (Wildman–Crippen MR) is 85.2 cm³/mol. The Morgan fingerprint density at radius 3 is 2.55 bits per heavy atom. The van der Waals surface area contributed by atoms with E-state index in [0.717, 1.165) is 0 Å². The Morgan fingerprint density at radius 2 is 2.05 bits per heavy atom. The molecule has 2 atom stereocenters. The van der Waals surface area contributed by atoms with Crippen molar-refractivity contribution in [2.24, 2.45) is 4.99 Å². The number of hydrogen-bond acceptors (Lipinski definition) is 6. The number of thiocarbonyl (C=S) groups is 1. The lowest BCUT2D eigenvalue weighted by Gasteiger charge is -2.15. The largest absolute Gasteiger partial charge is 0.469 e. The molecule has 0 saturated heterocycles. The van der Waals surface area contributed by atoms with E-state index < -0.39 is 18.0 Å². The van der Waals surface area contributed by atoms with Gasteiger partial charge in [-0.25, -0.2) is 0 Å². The number of nitrogens with zero attached hydrogens (tertiary/aromatic N) is 1. The van der Waals surface area contributed by atoms with Crippen molar-refractivity contribution < 1.29 is 19.4 Å². The second-order valence-electron chi connectivity index (χ2n) is 4.73. The molecule has 0 spiro atoms. The van der Waals surface area contributed by atoms with Crippen LogP contribution in [0.4, 0.5) is 5.69 Å². The Kier molecular flexibility index (Phi) is 7.39. The molecule has 1 amide bonds. The molecular formula is C15H18N2O4S. The van der Waals surface area contributed by atoms with Crippen LogP contribution in [-0.4, -0.2) is 41.9 Å². The van der Waals surface area contributed by atoms with Crippen LogP contribution < -0.4 is 5.32 Å². The summed E-state index contributed by atoms with van der Waals surface area (Å²) in [5, 5.41) is 14.0. The van der Waals surface area contributed by atoms with Gasteiger partial charge in [0.25, 0.3) is 0 Å². The van der Waals surface area contributed by atoms with Crippen LogP contribution in [0, 0.1) is 0 Å². The van der Waals surface area contributed by atoms with Crippen molar-refractivity contribution in [2.45, 2.75) is 25.4 Å². The first-order valence-electron chi connectivity index (χ1n) is 6.68. The maximum atomic E-state index is 11.9. The Labute approximate surface area is 134 Å². The summed E-state index contributed by atoms with van der Waals surface area (Å²) in [5.74, 6) is -1.56. The number of aliphatic imine (C=N–C) groups is 1. The van der Waals surface area contributed by atoms with Crippen LogP contribution in [0.3, 0.4) is 0 Å². The number of aliphatic hydroxyl groups excluding tert-OH is 1. The lowest BCUT2D eigenvalue weighted by atomic mass is 9.95. The highest BCUT2D eigenvalue weighted by molar-refractivity contribution is 7.78. The zero-order chi connectivity index (χ0) is 16.5. The van der Waals surface area contributed by atoms with Crippen LogP contribution in [-0.2, 0) is 14.3 Å². The van der Waals surface area contributed by atoms with Crippen molar-refractivity contribution in [3.8, 4) is 0 Å². The Hall–Kier alpha value is -2.08. The molecule has 2 unspecified atom stereocenters. The lowest BCUT2D eigenvalue weighted by molar-refractivity contribution is -0.144. The van der Waals surface area contributed by atoms with Crippen molar-refractivity contribution in [2.75, 3.05) is 13.7 Å². The van der Waals surface area contributed by atoms with Crippen LogP contribution in [0.2, 0.25) is 0 Å². The number of esters is 1. The van der Waals surface area contributed by atoms with Gasteiger partial charge in [-0.05, 0) is 36.8 Å². The average Bonchev–Trinajstić information content (AvgIpc) is 2.51. The number of carbonyl (C=O) groups is 2. The van der Waals surface area contributed by atoms with Gasteiger partial charge in [-0.15, -0.1) is 0 Å². The van der Waals surface area contributed by atoms with Gasteiger partial charge in [-0.2, -0.15) is 4.99 Å². The summed E-state index contributed by atoms with van der Waals surface area (Å²) in [6.45, 7) is 1.70. The SMILES string of the molecule is COC(=O)C(CC(=O)NCC(C)O)c1ccc(N=C=S)cc1. The summed E-state index contributed by atoms with van der Waals surface area (Å²) in [5.41, 5.74) is 1.25. The van der Waals surface area contributed by atoms with Gasteiger partial charge < -0.3 is 15.2 Å². The van der Waals surface area contributed by atoms with E-state index in [1.54, 1.807) is 31.2 Å². The maximum absolute atomic E-state index is 11.9. The van der Waals surface area contributed by atoms with Crippen LogP contribution in [0.1, 0.15) is 24.8 Å². The zero-order valence-electron chi connectivity index (χ0n) is 12.4. The van der Waals surface area contributed by atoms with Gasteiger partial charge in [0.1, 0.15) is 0 Å².